The Bertz CT molecular complexity index is 596. The lowest BCUT2D eigenvalue weighted by Gasteiger charge is -2.13. The van der Waals surface area contributed by atoms with Gasteiger partial charge in [-0.05, 0) is 48.2 Å². The van der Waals surface area contributed by atoms with Gasteiger partial charge in [-0.1, -0.05) is 41.4 Å². The summed E-state index contributed by atoms with van der Waals surface area (Å²) < 4.78 is 13.4. The van der Waals surface area contributed by atoms with Crippen LogP contribution in [0.3, 0.4) is 0 Å². The molecule has 0 N–H and O–H groups in total. The summed E-state index contributed by atoms with van der Waals surface area (Å²) in [5.74, 6) is -0.319. The molecule has 0 spiro atoms. The zero-order valence-electron chi connectivity index (χ0n) is 10.3. The van der Waals surface area contributed by atoms with Crippen molar-refractivity contribution >= 4 is 34.8 Å². The molecule has 0 saturated heterocycles. The summed E-state index contributed by atoms with van der Waals surface area (Å²) in [7, 11) is 0. The van der Waals surface area contributed by atoms with E-state index in [1.807, 2.05) is 24.3 Å². The van der Waals surface area contributed by atoms with E-state index >= 15 is 0 Å². The molecule has 4 heteroatoms. The minimum atomic E-state index is -0.319. The van der Waals surface area contributed by atoms with Gasteiger partial charge in [-0.15, -0.1) is 11.6 Å². The third kappa shape index (κ3) is 3.62. The van der Waals surface area contributed by atoms with Crippen LogP contribution in [0.2, 0.25) is 10.0 Å². The Kier molecular flexibility index (Phi) is 4.72. The first-order chi connectivity index (χ1) is 8.97. The molecule has 0 radical (unpaired) electrons. The number of hydrogen-bond acceptors (Lipinski definition) is 0. The van der Waals surface area contributed by atoms with E-state index in [0.29, 0.717) is 22.0 Å². The van der Waals surface area contributed by atoms with Crippen LogP contribution in [-0.2, 0) is 6.42 Å². The number of halogens is 4. The first-order valence-electron chi connectivity index (χ1n) is 5.81. The van der Waals surface area contributed by atoms with Gasteiger partial charge in [0.25, 0.3) is 0 Å². The van der Waals surface area contributed by atoms with Crippen molar-refractivity contribution in [3.8, 4) is 0 Å². The maximum absolute atomic E-state index is 13.4. The Morgan fingerprint density at radius 2 is 1.89 bits per heavy atom. The van der Waals surface area contributed by atoms with Crippen LogP contribution < -0.4 is 0 Å². The molecule has 2 rings (SSSR count). The predicted molar refractivity (Wildman–Crippen MR) is 79.9 cm³/mol. The van der Waals surface area contributed by atoms with Gasteiger partial charge in [-0.25, -0.2) is 4.39 Å². The number of hydrogen-bond donors (Lipinski definition) is 0. The summed E-state index contributed by atoms with van der Waals surface area (Å²) in [6.45, 7) is 1.69. The van der Waals surface area contributed by atoms with Crippen LogP contribution in [0.1, 0.15) is 22.1 Å². The van der Waals surface area contributed by atoms with E-state index in [9.17, 15) is 4.39 Å². The molecule has 0 aliphatic heterocycles. The van der Waals surface area contributed by atoms with Crippen LogP contribution in [0.4, 0.5) is 4.39 Å². The Balaban J connectivity index is 2.25. The minimum absolute atomic E-state index is 0.315. The standard InChI is InChI=1S/C15H12Cl3F/c1-9-5-12(14(18)8-15(9)19)13(17)7-10-3-2-4-11(16)6-10/h2-6,8,13H,7H2,1H3. The predicted octanol–water partition coefficient (Wildman–Crippen LogP) is 5.96. The topological polar surface area (TPSA) is 0 Å². The molecule has 0 aliphatic carbocycles. The summed E-state index contributed by atoms with van der Waals surface area (Å²) in [5, 5.41) is 0.707. The van der Waals surface area contributed by atoms with Gasteiger partial charge in [0, 0.05) is 10.0 Å². The lowest BCUT2D eigenvalue weighted by Crippen LogP contribution is -1.99. The zero-order valence-corrected chi connectivity index (χ0v) is 12.5. The third-order valence-corrected chi connectivity index (χ3v) is 3.87. The third-order valence-electron chi connectivity index (χ3n) is 2.92. The highest BCUT2D eigenvalue weighted by atomic mass is 35.5. The van der Waals surface area contributed by atoms with Crippen molar-refractivity contribution in [2.45, 2.75) is 18.7 Å². The molecule has 0 bridgehead atoms. The molecule has 1 atom stereocenters. The van der Waals surface area contributed by atoms with Gasteiger partial charge in [0.2, 0.25) is 0 Å². The van der Waals surface area contributed by atoms with Crippen LogP contribution in [0, 0.1) is 12.7 Å². The molecular weight excluding hydrogens is 306 g/mol. The van der Waals surface area contributed by atoms with Crippen molar-refractivity contribution in [2.75, 3.05) is 0 Å². The molecule has 0 heterocycles. The lowest BCUT2D eigenvalue weighted by atomic mass is 10.0. The largest absolute Gasteiger partial charge is 0.207 e. The van der Waals surface area contributed by atoms with Gasteiger partial charge < -0.3 is 0 Å². The van der Waals surface area contributed by atoms with Crippen LogP contribution in [0.5, 0.6) is 0 Å². The van der Waals surface area contributed by atoms with Crippen molar-refractivity contribution < 1.29 is 4.39 Å². The van der Waals surface area contributed by atoms with Crippen molar-refractivity contribution in [3.63, 3.8) is 0 Å². The maximum Gasteiger partial charge on any atom is 0.127 e. The summed E-state index contributed by atoms with van der Waals surface area (Å²) in [6.07, 6.45) is 0.590. The molecule has 0 fully saturated rings. The molecule has 2 aromatic rings. The van der Waals surface area contributed by atoms with E-state index < -0.39 is 0 Å². The maximum atomic E-state index is 13.4. The number of benzene rings is 2. The fourth-order valence-corrected chi connectivity index (χ4v) is 2.81. The van der Waals surface area contributed by atoms with Crippen molar-refractivity contribution in [1.29, 1.82) is 0 Å². The first kappa shape index (κ1) is 14.6. The normalized spacial score (nSPS) is 12.5. The van der Waals surface area contributed by atoms with Crippen LogP contribution in [0.25, 0.3) is 0 Å². The smallest absolute Gasteiger partial charge is 0.127 e. The van der Waals surface area contributed by atoms with E-state index in [1.165, 1.54) is 6.07 Å². The zero-order chi connectivity index (χ0) is 14.0. The molecule has 0 nitrogen and oxygen atoms in total. The molecule has 1 unspecified atom stereocenters. The van der Waals surface area contributed by atoms with Gasteiger partial charge in [0.05, 0.1) is 5.38 Å². The van der Waals surface area contributed by atoms with Crippen molar-refractivity contribution in [2.24, 2.45) is 0 Å². The summed E-state index contributed by atoms with van der Waals surface area (Å²) in [5.41, 5.74) is 2.30. The highest BCUT2D eigenvalue weighted by Gasteiger charge is 2.15. The van der Waals surface area contributed by atoms with E-state index in [1.54, 1.807) is 13.0 Å². The quantitative estimate of drug-likeness (QED) is 0.612. The Morgan fingerprint density at radius 1 is 1.16 bits per heavy atom. The Hall–Kier alpha value is -0.760. The van der Waals surface area contributed by atoms with Crippen molar-refractivity contribution in [1.82, 2.24) is 0 Å². The average molecular weight is 318 g/mol. The van der Waals surface area contributed by atoms with Gasteiger partial charge >= 0.3 is 0 Å². The second-order valence-electron chi connectivity index (χ2n) is 4.42. The second-order valence-corrected chi connectivity index (χ2v) is 5.79. The van der Waals surface area contributed by atoms with E-state index in [4.69, 9.17) is 34.8 Å². The molecule has 0 aliphatic rings. The molecule has 19 heavy (non-hydrogen) atoms. The summed E-state index contributed by atoms with van der Waals surface area (Å²) >= 11 is 18.3. The highest BCUT2D eigenvalue weighted by Crippen LogP contribution is 2.32. The van der Waals surface area contributed by atoms with Crippen LogP contribution in [0.15, 0.2) is 36.4 Å². The second kappa shape index (κ2) is 6.13. The SMILES string of the molecule is Cc1cc(C(Cl)Cc2cccc(Cl)c2)c(Cl)cc1F. The Morgan fingerprint density at radius 3 is 2.58 bits per heavy atom. The number of rotatable bonds is 3. The highest BCUT2D eigenvalue weighted by molar-refractivity contribution is 6.33. The number of aryl methyl sites for hydroxylation is 1. The molecule has 0 saturated carbocycles. The van der Waals surface area contributed by atoms with Crippen molar-refractivity contribution in [3.05, 3.63) is 69.0 Å². The van der Waals surface area contributed by atoms with E-state index in [-0.39, 0.29) is 11.2 Å². The Labute approximate surface area is 127 Å². The molecule has 2 aromatic carbocycles. The van der Waals surface area contributed by atoms with Gasteiger partial charge in [0.1, 0.15) is 5.82 Å². The van der Waals surface area contributed by atoms with Gasteiger partial charge in [-0.3, -0.25) is 0 Å². The van der Waals surface area contributed by atoms with E-state index in [2.05, 4.69) is 0 Å². The molecular formula is C15H12Cl3F. The average Bonchev–Trinajstić information content (AvgIpc) is 2.33. The molecule has 0 amide bonds. The molecule has 0 aromatic heterocycles. The van der Waals surface area contributed by atoms with Crippen LogP contribution in [-0.4, -0.2) is 0 Å². The van der Waals surface area contributed by atoms with Crippen LogP contribution >= 0.6 is 34.8 Å². The number of alkyl halides is 1. The lowest BCUT2D eigenvalue weighted by molar-refractivity contribution is 0.617. The fourth-order valence-electron chi connectivity index (χ4n) is 1.90. The monoisotopic (exact) mass is 316 g/mol. The van der Waals surface area contributed by atoms with E-state index in [0.717, 1.165) is 11.1 Å². The first-order valence-corrected chi connectivity index (χ1v) is 7.00. The summed E-state index contributed by atoms with van der Waals surface area (Å²) in [6, 6.07) is 10.5. The fraction of sp³-hybridized carbons (Fsp3) is 0.200. The molecule has 100 valence electrons. The van der Waals surface area contributed by atoms with Gasteiger partial charge in [-0.2, -0.15) is 0 Å². The minimum Gasteiger partial charge on any atom is -0.207 e. The summed E-state index contributed by atoms with van der Waals surface area (Å²) in [4.78, 5) is 0. The van der Waals surface area contributed by atoms with Gasteiger partial charge in [0.15, 0.2) is 0 Å².